The maximum atomic E-state index is 5.84. The molecule has 0 radical (unpaired) electrons. The minimum atomic E-state index is 0.406. The van der Waals surface area contributed by atoms with Gasteiger partial charge in [0, 0.05) is 13.1 Å². The van der Waals surface area contributed by atoms with Crippen LogP contribution < -0.4 is 4.90 Å². The molecule has 4 heteroatoms. The van der Waals surface area contributed by atoms with Gasteiger partial charge >= 0.3 is 0 Å². The van der Waals surface area contributed by atoms with Gasteiger partial charge in [-0.05, 0) is 23.3 Å². The highest BCUT2D eigenvalue weighted by molar-refractivity contribution is 6.29. The molecule has 0 bridgehead atoms. The molecule has 3 aromatic rings. The largest absolute Gasteiger partial charge is 0.346 e. The lowest BCUT2D eigenvalue weighted by Gasteiger charge is -2.23. The van der Waals surface area contributed by atoms with Gasteiger partial charge in [0.1, 0.15) is 0 Å². The number of halogens is 1. The van der Waals surface area contributed by atoms with Crippen LogP contribution in [0, 0.1) is 0 Å². The van der Waals surface area contributed by atoms with E-state index in [4.69, 9.17) is 11.6 Å². The van der Waals surface area contributed by atoms with Crippen molar-refractivity contribution in [2.45, 2.75) is 13.1 Å². The average Bonchev–Trinajstić information content (AvgIpc) is 2.57. The van der Waals surface area contributed by atoms with Crippen LogP contribution >= 0.6 is 11.6 Å². The van der Waals surface area contributed by atoms with Gasteiger partial charge in [0.15, 0.2) is 11.0 Å². The first kappa shape index (κ1) is 14.5. The van der Waals surface area contributed by atoms with Crippen LogP contribution in [0.15, 0.2) is 72.8 Å². The number of anilines is 1. The van der Waals surface area contributed by atoms with Gasteiger partial charge in [0.25, 0.3) is 0 Å². The summed E-state index contributed by atoms with van der Waals surface area (Å²) >= 11 is 5.84. The van der Waals surface area contributed by atoms with Crippen molar-refractivity contribution in [1.82, 2.24) is 10.2 Å². The third kappa shape index (κ3) is 3.83. The number of hydrogen-bond acceptors (Lipinski definition) is 3. The van der Waals surface area contributed by atoms with E-state index in [1.165, 1.54) is 11.1 Å². The van der Waals surface area contributed by atoms with Gasteiger partial charge in [-0.15, -0.1) is 10.2 Å². The summed E-state index contributed by atoms with van der Waals surface area (Å²) in [5.41, 5.74) is 2.46. The lowest BCUT2D eigenvalue weighted by molar-refractivity contribution is 0.769. The monoisotopic (exact) mass is 309 g/mol. The highest BCUT2D eigenvalue weighted by atomic mass is 35.5. The summed E-state index contributed by atoms with van der Waals surface area (Å²) in [7, 11) is 0. The molecule has 0 atom stereocenters. The minimum absolute atomic E-state index is 0.406. The maximum absolute atomic E-state index is 5.84. The number of benzene rings is 2. The van der Waals surface area contributed by atoms with E-state index in [0.29, 0.717) is 5.15 Å². The van der Waals surface area contributed by atoms with E-state index >= 15 is 0 Å². The number of nitrogens with zero attached hydrogens (tertiary/aromatic N) is 3. The zero-order valence-electron chi connectivity index (χ0n) is 12.1. The van der Waals surface area contributed by atoms with Crippen molar-refractivity contribution >= 4 is 17.4 Å². The Morgan fingerprint density at radius 1 is 0.682 bits per heavy atom. The molecule has 0 saturated heterocycles. The number of aromatic nitrogens is 2. The predicted molar refractivity (Wildman–Crippen MR) is 89.8 cm³/mol. The van der Waals surface area contributed by atoms with Crippen molar-refractivity contribution in [2.24, 2.45) is 0 Å². The summed E-state index contributed by atoms with van der Waals surface area (Å²) in [6.45, 7) is 1.54. The van der Waals surface area contributed by atoms with E-state index in [9.17, 15) is 0 Å². The van der Waals surface area contributed by atoms with Crippen LogP contribution in [0.1, 0.15) is 11.1 Å². The molecule has 0 aliphatic heterocycles. The standard InChI is InChI=1S/C18H16ClN3/c19-17-11-12-18(21-20-17)22(13-15-7-3-1-4-8-15)14-16-9-5-2-6-10-16/h1-12H,13-14H2. The Morgan fingerprint density at radius 3 is 1.68 bits per heavy atom. The van der Waals surface area contributed by atoms with Crippen molar-refractivity contribution in [3.8, 4) is 0 Å². The van der Waals surface area contributed by atoms with E-state index in [1.54, 1.807) is 6.07 Å². The second-order valence-corrected chi connectivity index (χ2v) is 5.43. The lowest BCUT2D eigenvalue weighted by atomic mass is 10.1. The Kier molecular flexibility index (Phi) is 4.66. The predicted octanol–water partition coefficient (Wildman–Crippen LogP) is 4.34. The Balaban J connectivity index is 1.86. The molecule has 0 saturated carbocycles. The third-order valence-corrected chi connectivity index (χ3v) is 3.58. The molecule has 110 valence electrons. The van der Waals surface area contributed by atoms with Crippen molar-refractivity contribution < 1.29 is 0 Å². The minimum Gasteiger partial charge on any atom is -0.346 e. The van der Waals surface area contributed by atoms with E-state index in [0.717, 1.165) is 18.9 Å². The van der Waals surface area contributed by atoms with E-state index in [1.807, 2.05) is 42.5 Å². The van der Waals surface area contributed by atoms with Crippen LogP contribution in [0.3, 0.4) is 0 Å². The van der Waals surface area contributed by atoms with E-state index in [-0.39, 0.29) is 0 Å². The first-order valence-corrected chi connectivity index (χ1v) is 7.51. The second kappa shape index (κ2) is 7.05. The normalized spacial score (nSPS) is 10.4. The van der Waals surface area contributed by atoms with Gasteiger partial charge in [-0.1, -0.05) is 72.3 Å². The van der Waals surface area contributed by atoms with Crippen LogP contribution in [0.2, 0.25) is 5.15 Å². The molecule has 0 aliphatic carbocycles. The van der Waals surface area contributed by atoms with Gasteiger partial charge in [0.2, 0.25) is 0 Å². The molecule has 1 heterocycles. The first-order chi connectivity index (χ1) is 10.8. The van der Waals surface area contributed by atoms with Crippen LogP contribution in [0.5, 0.6) is 0 Å². The maximum Gasteiger partial charge on any atom is 0.151 e. The topological polar surface area (TPSA) is 29.0 Å². The molecule has 0 spiro atoms. The highest BCUT2D eigenvalue weighted by Gasteiger charge is 2.10. The second-order valence-electron chi connectivity index (χ2n) is 5.04. The van der Waals surface area contributed by atoms with Crippen LogP contribution in [0.4, 0.5) is 5.82 Å². The molecule has 0 amide bonds. The van der Waals surface area contributed by atoms with Gasteiger partial charge in [-0.2, -0.15) is 0 Å². The van der Waals surface area contributed by atoms with Crippen LogP contribution in [-0.2, 0) is 13.1 Å². The van der Waals surface area contributed by atoms with Gasteiger partial charge < -0.3 is 4.90 Å². The fourth-order valence-electron chi connectivity index (χ4n) is 2.30. The molecule has 1 aromatic heterocycles. The van der Waals surface area contributed by atoms with Gasteiger partial charge in [-0.25, -0.2) is 0 Å². The summed E-state index contributed by atoms with van der Waals surface area (Å²) in [4.78, 5) is 2.19. The summed E-state index contributed by atoms with van der Waals surface area (Å²) in [6.07, 6.45) is 0. The first-order valence-electron chi connectivity index (χ1n) is 7.13. The molecule has 0 aliphatic rings. The lowest BCUT2D eigenvalue weighted by Crippen LogP contribution is -2.23. The molecule has 2 aromatic carbocycles. The molecule has 3 rings (SSSR count). The van der Waals surface area contributed by atoms with E-state index in [2.05, 4.69) is 39.4 Å². The fourth-order valence-corrected chi connectivity index (χ4v) is 2.40. The van der Waals surface area contributed by atoms with Crippen molar-refractivity contribution in [3.63, 3.8) is 0 Å². The van der Waals surface area contributed by atoms with Crippen LogP contribution in [0.25, 0.3) is 0 Å². The quantitative estimate of drug-likeness (QED) is 0.702. The third-order valence-electron chi connectivity index (χ3n) is 3.37. The smallest absolute Gasteiger partial charge is 0.151 e. The summed E-state index contributed by atoms with van der Waals surface area (Å²) in [5, 5.41) is 8.58. The zero-order valence-corrected chi connectivity index (χ0v) is 12.8. The fraction of sp³-hybridized carbons (Fsp3) is 0.111. The molecular weight excluding hydrogens is 294 g/mol. The molecule has 3 nitrogen and oxygen atoms in total. The zero-order chi connectivity index (χ0) is 15.2. The van der Waals surface area contributed by atoms with Crippen molar-refractivity contribution in [3.05, 3.63) is 89.1 Å². The van der Waals surface area contributed by atoms with Crippen molar-refractivity contribution in [2.75, 3.05) is 4.90 Å². The average molecular weight is 310 g/mol. The Hall–Kier alpha value is -2.39. The SMILES string of the molecule is Clc1ccc(N(Cc2ccccc2)Cc2ccccc2)nn1. The Bertz CT molecular complexity index is 658. The summed E-state index contributed by atoms with van der Waals surface area (Å²) < 4.78 is 0. The molecule has 22 heavy (non-hydrogen) atoms. The molecule has 0 N–H and O–H groups in total. The van der Waals surface area contributed by atoms with Gasteiger partial charge in [0.05, 0.1) is 0 Å². The van der Waals surface area contributed by atoms with Crippen LogP contribution in [-0.4, -0.2) is 10.2 Å². The summed E-state index contributed by atoms with van der Waals surface area (Å²) in [5.74, 6) is 0.817. The van der Waals surface area contributed by atoms with E-state index < -0.39 is 0 Å². The highest BCUT2D eigenvalue weighted by Crippen LogP contribution is 2.18. The Morgan fingerprint density at radius 2 is 1.23 bits per heavy atom. The van der Waals surface area contributed by atoms with Gasteiger partial charge in [-0.3, -0.25) is 0 Å². The summed E-state index contributed by atoms with van der Waals surface area (Å²) in [6, 6.07) is 24.3. The van der Waals surface area contributed by atoms with Crippen molar-refractivity contribution in [1.29, 1.82) is 0 Å². The number of rotatable bonds is 5. The number of hydrogen-bond donors (Lipinski definition) is 0. The molecule has 0 unspecified atom stereocenters. The Labute approximate surface area is 135 Å². The molecular formula is C18H16ClN3. The molecule has 0 fully saturated rings.